The molecular weight excluding hydrogens is 244 g/mol. The van der Waals surface area contributed by atoms with Gasteiger partial charge in [-0.25, -0.2) is 4.98 Å². The highest BCUT2D eigenvalue weighted by atomic mass is 35.5. The second kappa shape index (κ2) is 5.12. The van der Waals surface area contributed by atoms with E-state index >= 15 is 0 Å². The summed E-state index contributed by atoms with van der Waals surface area (Å²) in [5, 5.41) is 0.722. The van der Waals surface area contributed by atoms with Gasteiger partial charge in [-0.05, 0) is 29.7 Å². The second-order valence-corrected chi connectivity index (χ2v) is 4.57. The van der Waals surface area contributed by atoms with Crippen LogP contribution in [0.3, 0.4) is 0 Å². The Morgan fingerprint density at radius 1 is 1.17 bits per heavy atom. The van der Waals surface area contributed by atoms with Crippen molar-refractivity contribution in [3.8, 4) is 23.5 Å². The summed E-state index contributed by atoms with van der Waals surface area (Å²) in [7, 11) is 3.90. The van der Waals surface area contributed by atoms with E-state index in [-0.39, 0.29) is 0 Å². The molecule has 0 unspecified atom stereocenters. The lowest BCUT2D eigenvalue weighted by Crippen LogP contribution is -2.11. The van der Waals surface area contributed by atoms with Gasteiger partial charge in [-0.2, -0.15) is 0 Å². The Balaban J connectivity index is 2.50. The topological polar surface area (TPSA) is 16.1 Å². The second-order valence-electron chi connectivity index (χ2n) is 4.14. The van der Waals surface area contributed by atoms with Gasteiger partial charge in [0, 0.05) is 30.9 Å². The molecule has 1 aromatic heterocycles. The summed E-state index contributed by atoms with van der Waals surface area (Å²) < 4.78 is 0. The maximum absolute atomic E-state index is 5.88. The smallest absolute Gasteiger partial charge is 0.136 e. The molecule has 0 bridgehead atoms. The zero-order chi connectivity index (χ0) is 13.1. The minimum atomic E-state index is 0.651. The van der Waals surface area contributed by atoms with Crippen LogP contribution in [-0.2, 0) is 0 Å². The molecule has 3 heteroatoms. The third-order valence-corrected chi connectivity index (χ3v) is 2.92. The monoisotopic (exact) mass is 256 g/mol. The molecule has 18 heavy (non-hydrogen) atoms. The molecule has 0 N–H and O–H groups in total. The number of hydrogen-bond donors (Lipinski definition) is 0. The molecule has 0 saturated heterocycles. The van der Waals surface area contributed by atoms with Crippen molar-refractivity contribution in [1.29, 1.82) is 0 Å². The fraction of sp³-hybridized carbons (Fsp3) is 0.133. The van der Waals surface area contributed by atoms with Crippen LogP contribution in [0.4, 0.5) is 5.69 Å². The summed E-state index contributed by atoms with van der Waals surface area (Å²) in [6.45, 7) is 0. The van der Waals surface area contributed by atoms with Crippen molar-refractivity contribution in [2.75, 3.05) is 19.0 Å². The van der Waals surface area contributed by atoms with Crippen LogP contribution >= 0.6 is 11.6 Å². The van der Waals surface area contributed by atoms with Gasteiger partial charge in [-0.15, -0.1) is 6.42 Å². The van der Waals surface area contributed by atoms with E-state index < -0.39 is 0 Å². The molecule has 2 nitrogen and oxygen atoms in total. The van der Waals surface area contributed by atoms with E-state index in [0.717, 1.165) is 21.8 Å². The summed E-state index contributed by atoms with van der Waals surface area (Å²) >= 11 is 5.88. The van der Waals surface area contributed by atoms with Crippen molar-refractivity contribution in [3.63, 3.8) is 0 Å². The fourth-order valence-electron chi connectivity index (χ4n) is 1.71. The van der Waals surface area contributed by atoms with Crippen LogP contribution in [0.15, 0.2) is 36.5 Å². The van der Waals surface area contributed by atoms with Gasteiger partial charge >= 0.3 is 0 Å². The van der Waals surface area contributed by atoms with Crippen molar-refractivity contribution in [1.82, 2.24) is 4.98 Å². The van der Waals surface area contributed by atoms with E-state index in [4.69, 9.17) is 18.0 Å². The van der Waals surface area contributed by atoms with Gasteiger partial charge in [0.15, 0.2) is 0 Å². The molecular formula is C15H13ClN2. The SMILES string of the molecule is C#Cc1ncc(-c2ccc(Cl)cc2)cc1N(C)C. The van der Waals surface area contributed by atoms with Gasteiger partial charge in [0.1, 0.15) is 5.69 Å². The number of nitrogens with zero attached hydrogens (tertiary/aromatic N) is 2. The molecule has 0 amide bonds. The lowest BCUT2D eigenvalue weighted by Gasteiger charge is -2.15. The Hall–Kier alpha value is -1.98. The average molecular weight is 257 g/mol. The predicted octanol–water partition coefficient (Wildman–Crippen LogP) is 3.45. The summed E-state index contributed by atoms with van der Waals surface area (Å²) in [6.07, 6.45) is 7.22. The van der Waals surface area contributed by atoms with Gasteiger partial charge in [-0.3, -0.25) is 0 Å². The minimum absolute atomic E-state index is 0.651. The van der Waals surface area contributed by atoms with Crippen LogP contribution in [0.25, 0.3) is 11.1 Å². The van der Waals surface area contributed by atoms with Crippen molar-refractivity contribution >= 4 is 17.3 Å². The first-order chi connectivity index (χ1) is 8.61. The van der Waals surface area contributed by atoms with Crippen LogP contribution in [0.5, 0.6) is 0 Å². The van der Waals surface area contributed by atoms with E-state index in [9.17, 15) is 0 Å². The quantitative estimate of drug-likeness (QED) is 0.765. The highest BCUT2D eigenvalue weighted by Gasteiger charge is 2.07. The summed E-state index contributed by atoms with van der Waals surface area (Å²) in [4.78, 5) is 6.27. The van der Waals surface area contributed by atoms with Gasteiger partial charge in [0.25, 0.3) is 0 Å². The first-order valence-corrected chi connectivity index (χ1v) is 5.89. The third-order valence-electron chi connectivity index (χ3n) is 2.66. The Kier molecular flexibility index (Phi) is 3.55. The Labute approximate surface area is 112 Å². The van der Waals surface area contributed by atoms with Crippen molar-refractivity contribution in [2.24, 2.45) is 0 Å². The van der Waals surface area contributed by atoms with Gasteiger partial charge in [0.2, 0.25) is 0 Å². The number of halogens is 1. The normalized spacial score (nSPS) is 9.89. The van der Waals surface area contributed by atoms with Crippen molar-refractivity contribution in [3.05, 3.63) is 47.2 Å². The first-order valence-electron chi connectivity index (χ1n) is 5.51. The van der Waals surface area contributed by atoms with E-state index in [2.05, 4.69) is 10.9 Å². The van der Waals surface area contributed by atoms with E-state index in [1.807, 2.05) is 49.3 Å². The standard InChI is InChI=1S/C15H13ClN2/c1-4-14-15(18(2)3)9-12(10-17-14)11-5-7-13(16)8-6-11/h1,5-10H,2-3H3. The first kappa shape index (κ1) is 12.5. The van der Waals surface area contributed by atoms with E-state index in [0.29, 0.717) is 5.69 Å². The molecule has 0 aliphatic heterocycles. The van der Waals surface area contributed by atoms with Crippen LogP contribution in [0.1, 0.15) is 5.69 Å². The average Bonchev–Trinajstić information content (AvgIpc) is 2.39. The number of rotatable bonds is 2. The Morgan fingerprint density at radius 2 is 1.83 bits per heavy atom. The van der Waals surface area contributed by atoms with Crippen LogP contribution < -0.4 is 4.90 Å². The lowest BCUT2D eigenvalue weighted by atomic mass is 10.1. The summed E-state index contributed by atoms with van der Waals surface area (Å²) in [5.74, 6) is 2.59. The van der Waals surface area contributed by atoms with Gasteiger partial charge in [-0.1, -0.05) is 23.7 Å². The van der Waals surface area contributed by atoms with E-state index in [1.54, 1.807) is 6.20 Å². The molecule has 0 spiro atoms. The number of aromatic nitrogens is 1. The zero-order valence-corrected chi connectivity index (χ0v) is 11.1. The zero-order valence-electron chi connectivity index (χ0n) is 10.3. The Bertz CT molecular complexity index is 595. The summed E-state index contributed by atoms with van der Waals surface area (Å²) in [5.41, 5.74) is 3.68. The number of terminal acetylenes is 1. The lowest BCUT2D eigenvalue weighted by molar-refractivity contribution is 1.10. The third kappa shape index (κ3) is 2.47. The number of pyridine rings is 1. The molecule has 90 valence electrons. The predicted molar refractivity (Wildman–Crippen MR) is 76.9 cm³/mol. The largest absolute Gasteiger partial charge is 0.375 e. The van der Waals surface area contributed by atoms with Crippen molar-refractivity contribution in [2.45, 2.75) is 0 Å². The molecule has 0 radical (unpaired) electrons. The van der Waals surface area contributed by atoms with Gasteiger partial charge in [0.05, 0.1) is 5.69 Å². The molecule has 2 rings (SSSR count). The van der Waals surface area contributed by atoms with Crippen LogP contribution in [0, 0.1) is 12.3 Å². The number of hydrogen-bond acceptors (Lipinski definition) is 2. The van der Waals surface area contributed by atoms with Crippen molar-refractivity contribution < 1.29 is 0 Å². The summed E-state index contributed by atoms with van der Waals surface area (Å²) in [6, 6.07) is 9.69. The Morgan fingerprint density at radius 3 is 2.39 bits per heavy atom. The van der Waals surface area contributed by atoms with Crippen LogP contribution in [0.2, 0.25) is 5.02 Å². The molecule has 0 aliphatic rings. The highest BCUT2D eigenvalue weighted by molar-refractivity contribution is 6.30. The molecule has 1 heterocycles. The molecule has 0 fully saturated rings. The molecule has 0 atom stereocenters. The molecule has 0 aliphatic carbocycles. The van der Waals surface area contributed by atoms with Crippen LogP contribution in [-0.4, -0.2) is 19.1 Å². The number of benzene rings is 1. The number of anilines is 1. The molecule has 1 aromatic carbocycles. The highest BCUT2D eigenvalue weighted by Crippen LogP contribution is 2.26. The minimum Gasteiger partial charge on any atom is -0.375 e. The maximum Gasteiger partial charge on any atom is 0.136 e. The molecule has 0 saturated carbocycles. The molecule has 2 aromatic rings. The van der Waals surface area contributed by atoms with E-state index in [1.165, 1.54) is 0 Å². The maximum atomic E-state index is 5.88. The van der Waals surface area contributed by atoms with Gasteiger partial charge < -0.3 is 4.90 Å². The fourth-order valence-corrected chi connectivity index (χ4v) is 1.83.